The molecule has 2 heterocycles. The van der Waals surface area contributed by atoms with Crippen LogP contribution < -0.4 is 0 Å². The molecule has 0 spiro atoms. The number of thiophene rings is 1. The first kappa shape index (κ1) is 11.6. The van der Waals surface area contributed by atoms with Crippen molar-refractivity contribution < 1.29 is 9.90 Å². The number of hydrogen-bond acceptors (Lipinski definition) is 3. The molecule has 1 saturated heterocycles. The highest BCUT2D eigenvalue weighted by Gasteiger charge is 2.40. The third-order valence-corrected chi connectivity index (χ3v) is 4.23. The highest BCUT2D eigenvalue weighted by Crippen LogP contribution is 2.31. The molecule has 0 aliphatic carbocycles. The van der Waals surface area contributed by atoms with Crippen LogP contribution >= 0.6 is 11.3 Å². The molecule has 1 unspecified atom stereocenters. The van der Waals surface area contributed by atoms with E-state index in [1.807, 2.05) is 6.92 Å². The minimum atomic E-state index is -0.669. The van der Waals surface area contributed by atoms with Gasteiger partial charge in [-0.2, -0.15) is 0 Å². The molecule has 0 amide bonds. The topological polar surface area (TPSA) is 40.5 Å². The first-order valence-electron chi connectivity index (χ1n) is 5.51. The average Bonchev–Trinajstić information content (AvgIpc) is 2.75. The molecule has 1 aromatic heterocycles. The van der Waals surface area contributed by atoms with Crippen molar-refractivity contribution in [1.29, 1.82) is 0 Å². The SMILES string of the molecule is Cc1ccc(CN2CCC(C)(C(=O)O)C2)s1. The van der Waals surface area contributed by atoms with Crippen molar-refractivity contribution in [1.82, 2.24) is 4.90 Å². The van der Waals surface area contributed by atoms with Gasteiger partial charge in [0.1, 0.15) is 0 Å². The van der Waals surface area contributed by atoms with Crippen molar-refractivity contribution in [2.45, 2.75) is 26.8 Å². The Morgan fingerprint density at radius 1 is 1.62 bits per heavy atom. The van der Waals surface area contributed by atoms with Gasteiger partial charge in [0.2, 0.25) is 0 Å². The number of aryl methyl sites for hydroxylation is 1. The fraction of sp³-hybridized carbons (Fsp3) is 0.583. The summed E-state index contributed by atoms with van der Waals surface area (Å²) in [6.45, 7) is 6.38. The monoisotopic (exact) mass is 239 g/mol. The second kappa shape index (κ2) is 4.18. The van der Waals surface area contributed by atoms with Gasteiger partial charge in [-0.05, 0) is 38.9 Å². The summed E-state index contributed by atoms with van der Waals surface area (Å²) in [7, 11) is 0. The highest BCUT2D eigenvalue weighted by atomic mass is 32.1. The van der Waals surface area contributed by atoms with Crippen molar-refractivity contribution in [2.24, 2.45) is 5.41 Å². The number of likely N-dealkylation sites (tertiary alicyclic amines) is 1. The van der Waals surface area contributed by atoms with Gasteiger partial charge in [0.05, 0.1) is 5.41 Å². The van der Waals surface area contributed by atoms with Crippen LogP contribution in [0.2, 0.25) is 0 Å². The number of carboxylic acids is 1. The molecular weight excluding hydrogens is 222 g/mol. The number of rotatable bonds is 3. The third-order valence-electron chi connectivity index (χ3n) is 3.24. The highest BCUT2D eigenvalue weighted by molar-refractivity contribution is 7.11. The summed E-state index contributed by atoms with van der Waals surface area (Å²) in [6, 6.07) is 4.25. The molecule has 1 fully saturated rings. The zero-order valence-corrected chi connectivity index (χ0v) is 10.5. The lowest BCUT2D eigenvalue weighted by atomic mass is 9.90. The zero-order chi connectivity index (χ0) is 11.8. The summed E-state index contributed by atoms with van der Waals surface area (Å²) < 4.78 is 0. The van der Waals surface area contributed by atoms with E-state index in [0.29, 0.717) is 6.54 Å². The second-order valence-corrected chi connectivity index (χ2v) is 6.21. The van der Waals surface area contributed by atoms with E-state index in [0.717, 1.165) is 19.5 Å². The van der Waals surface area contributed by atoms with Gasteiger partial charge in [0, 0.05) is 22.8 Å². The fourth-order valence-corrected chi connectivity index (χ4v) is 3.09. The van der Waals surface area contributed by atoms with Crippen LogP contribution in [0.4, 0.5) is 0 Å². The van der Waals surface area contributed by atoms with Crippen LogP contribution in [0.3, 0.4) is 0 Å². The maximum Gasteiger partial charge on any atom is 0.310 e. The van der Waals surface area contributed by atoms with E-state index in [9.17, 15) is 4.79 Å². The first-order chi connectivity index (χ1) is 7.49. The molecule has 1 atom stereocenters. The van der Waals surface area contributed by atoms with Gasteiger partial charge in [-0.3, -0.25) is 9.69 Å². The second-order valence-electron chi connectivity index (χ2n) is 4.84. The molecule has 1 aliphatic rings. The van der Waals surface area contributed by atoms with Crippen LogP contribution in [0.15, 0.2) is 12.1 Å². The van der Waals surface area contributed by atoms with Crippen molar-refractivity contribution in [3.63, 3.8) is 0 Å². The molecule has 4 heteroatoms. The maximum atomic E-state index is 11.1. The predicted molar refractivity (Wildman–Crippen MR) is 64.7 cm³/mol. The van der Waals surface area contributed by atoms with Crippen LogP contribution in [-0.4, -0.2) is 29.1 Å². The molecule has 88 valence electrons. The Hall–Kier alpha value is -0.870. The Morgan fingerprint density at radius 2 is 2.38 bits per heavy atom. The minimum absolute atomic E-state index is 0.549. The van der Waals surface area contributed by atoms with Crippen LogP contribution in [0.25, 0.3) is 0 Å². The molecule has 0 radical (unpaired) electrons. The molecule has 0 aromatic carbocycles. The summed E-state index contributed by atoms with van der Waals surface area (Å²) >= 11 is 1.79. The van der Waals surface area contributed by atoms with Crippen LogP contribution in [-0.2, 0) is 11.3 Å². The molecule has 3 nitrogen and oxygen atoms in total. The number of carboxylic acid groups (broad SMARTS) is 1. The molecule has 2 rings (SSSR count). The molecule has 1 aliphatic heterocycles. The number of hydrogen-bond donors (Lipinski definition) is 1. The smallest absolute Gasteiger partial charge is 0.310 e. The van der Waals surface area contributed by atoms with Gasteiger partial charge in [-0.15, -0.1) is 11.3 Å². The van der Waals surface area contributed by atoms with Gasteiger partial charge in [-0.25, -0.2) is 0 Å². The van der Waals surface area contributed by atoms with E-state index in [1.54, 1.807) is 11.3 Å². The molecule has 1 aromatic rings. The lowest BCUT2D eigenvalue weighted by Crippen LogP contribution is -2.31. The molecule has 16 heavy (non-hydrogen) atoms. The van der Waals surface area contributed by atoms with E-state index in [4.69, 9.17) is 5.11 Å². The lowest BCUT2D eigenvalue weighted by Gasteiger charge is -2.19. The quantitative estimate of drug-likeness (QED) is 0.880. The minimum Gasteiger partial charge on any atom is -0.481 e. The van der Waals surface area contributed by atoms with Crippen LogP contribution in [0.5, 0.6) is 0 Å². The Morgan fingerprint density at radius 3 is 2.88 bits per heavy atom. The summed E-state index contributed by atoms with van der Waals surface area (Å²) in [6.07, 6.45) is 0.757. The van der Waals surface area contributed by atoms with Crippen LogP contribution in [0, 0.1) is 12.3 Å². The van der Waals surface area contributed by atoms with Crippen molar-refractivity contribution >= 4 is 17.3 Å². The summed E-state index contributed by atoms with van der Waals surface area (Å²) in [5.41, 5.74) is -0.549. The van der Waals surface area contributed by atoms with E-state index in [2.05, 4.69) is 24.0 Å². The summed E-state index contributed by atoms with van der Waals surface area (Å²) in [4.78, 5) is 16.0. The Labute approximate surface area is 99.7 Å². The first-order valence-corrected chi connectivity index (χ1v) is 6.32. The Bertz CT molecular complexity index is 401. The van der Waals surface area contributed by atoms with Gasteiger partial charge >= 0.3 is 5.97 Å². The Balaban J connectivity index is 1.97. The average molecular weight is 239 g/mol. The largest absolute Gasteiger partial charge is 0.481 e. The molecule has 0 saturated carbocycles. The molecule has 0 bridgehead atoms. The Kier molecular flexibility index (Phi) is 3.04. The van der Waals surface area contributed by atoms with Gasteiger partial charge in [0.25, 0.3) is 0 Å². The van der Waals surface area contributed by atoms with Gasteiger partial charge in [-0.1, -0.05) is 0 Å². The van der Waals surface area contributed by atoms with Crippen molar-refractivity contribution in [3.8, 4) is 0 Å². The van der Waals surface area contributed by atoms with Gasteiger partial charge in [0.15, 0.2) is 0 Å². The van der Waals surface area contributed by atoms with Crippen LogP contribution in [0.1, 0.15) is 23.1 Å². The summed E-state index contributed by atoms with van der Waals surface area (Å²) in [5.74, 6) is -0.669. The van der Waals surface area contributed by atoms with E-state index < -0.39 is 11.4 Å². The van der Waals surface area contributed by atoms with E-state index in [1.165, 1.54) is 9.75 Å². The normalized spacial score (nSPS) is 26.1. The van der Waals surface area contributed by atoms with E-state index in [-0.39, 0.29) is 0 Å². The van der Waals surface area contributed by atoms with Gasteiger partial charge < -0.3 is 5.11 Å². The lowest BCUT2D eigenvalue weighted by molar-refractivity contribution is -0.147. The standard InChI is InChI=1S/C12H17NO2S/c1-9-3-4-10(16-9)7-13-6-5-12(2,8-13)11(14)15/h3-4H,5-8H2,1-2H3,(H,14,15). The number of aliphatic carboxylic acids is 1. The maximum absolute atomic E-state index is 11.1. The number of carbonyl (C=O) groups is 1. The predicted octanol–water partition coefficient (Wildman–Crippen LogP) is 2.35. The third kappa shape index (κ3) is 2.28. The fourth-order valence-electron chi connectivity index (χ4n) is 2.16. The zero-order valence-electron chi connectivity index (χ0n) is 9.69. The van der Waals surface area contributed by atoms with Crippen molar-refractivity contribution in [3.05, 3.63) is 21.9 Å². The van der Waals surface area contributed by atoms with E-state index >= 15 is 0 Å². The number of nitrogens with zero attached hydrogens (tertiary/aromatic N) is 1. The molecule has 1 N–H and O–H groups in total. The summed E-state index contributed by atoms with van der Waals surface area (Å²) in [5, 5.41) is 9.14. The van der Waals surface area contributed by atoms with Crippen molar-refractivity contribution in [2.75, 3.05) is 13.1 Å². The molecular formula is C12H17NO2S.